The molecule has 1 aromatic heterocycles. The molecule has 2 aromatic carbocycles. The molecule has 0 spiro atoms. The summed E-state index contributed by atoms with van der Waals surface area (Å²) in [6, 6.07) is 16.4. The van der Waals surface area contributed by atoms with E-state index in [1.54, 1.807) is 0 Å². The van der Waals surface area contributed by atoms with Crippen LogP contribution < -0.4 is 4.90 Å². The number of carbonyl (C=O) groups excluding carboxylic acids is 1. The van der Waals surface area contributed by atoms with Crippen LogP contribution in [0.5, 0.6) is 0 Å². The molecule has 1 amide bonds. The molecule has 1 fully saturated rings. The highest BCUT2D eigenvalue weighted by Crippen LogP contribution is 2.29. The van der Waals surface area contributed by atoms with E-state index in [1.807, 2.05) is 55.1 Å². The monoisotopic (exact) mass is 334 g/mol. The molecule has 1 saturated heterocycles. The second-order valence-corrected chi connectivity index (χ2v) is 6.62. The number of anilines is 1. The Kier molecular flexibility index (Phi) is 3.96. The van der Waals surface area contributed by atoms with Gasteiger partial charge in [-0.2, -0.15) is 0 Å². The average Bonchev–Trinajstić information content (AvgIpc) is 3.00. The highest BCUT2D eigenvalue weighted by molar-refractivity contribution is 5.99. The Bertz CT molecular complexity index is 906. The molecule has 0 N–H and O–H groups in total. The van der Waals surface area contributed by atoms with Crippen molar-refractivity contribution in [1.82, 2.24) is 4.90 Å². The zero-order valence-electron chi connectivity index (χ0n) is 14.7. The number of amides is 1. The van der Waals surface area contributed by atoms with E-state index in [9.17, 15) is 4.79 Å². The van der Waals surface area contributed by atoms with Gasteiger partial charge in [0.05, 0.1) is 0 Å². The summed E-state index contributed by atoms with van der Waals surface area (Å²) in [7, 11) is 0. The van der Waals surface area contributed by atoms with Crippen LogP contribution in [-0.4, -0.2) is 37.0 Å². The number of benzene rings is 2. The van der Waals surface area contributed by atoms with E-state index in [-0.39, 0.29) is 5.91 Å². The second kappa shape index (κ2) is 6.28. The number of hydrogen-bond acceptors (Lipinski definition) is 3. The summed E-state index contributed by atoms with van der Waals surface area (Å²) in [4.78, 5) is 17.2. The third-order valence-corrected chi connectivity index (χ3v) is 5.04. The zero-order valence-corrected chi connectivity index (χ0v) is 14.7. The van der Waals surface area contributed by atoms with Crippen LogP contribution in [0.25, 0.3) is 11.0 Å². The third-order valence-electron chi connectivity index (χ3n) is 5.04. The fourth-order valence-corrected chi connectivity index (χ4v) is 3.54. The minimum atomic E-state index is 0.000752. The van der Waals surface area contributed by atoms with Crippen molar-refractivity contribution in [2.45, 2.75) is 13.8 Å². The Morgan fingerprint density at radius 1 is 0.920 bits per heavy atom. The van der Waals surface area contributed by atoms with Gasteiger partial charge >= 0.3 is 0 Å². The first-order valence-corrected chi connectivity index (χ1v) is 8.73. The van der Waals surface area contributed by atoms with E-state index < -0.39 is 0 Å². The number of fused-ring (bicyclic) bond motifs is 1. The van der Waals surface area contributed by atoms with Crippen molar-refractivity contribution in [2.24, 2.45) is 0 Å². The van der Waals surface area contributed by atoms with Crippen molar-refractivity contribution in [3.05, 3.63) is 65.4 Å². The molecule has 4 rings (SSSR count). The topological polar surface area (TPSA) is 36.7 Å². The van der Waals surface area contributed by atoms with Crippen LogP contribution >= 0.6 is 0 Å². The lowest BCUT2D eigenvalue weighted by Gasteiger charge is -2.35. The highest BCUT2D eigenvalue weighted by atomic mass is 16.3. The minimum Gasteiger partial charge on any atom is -0.450 e. The lowest BCUT2D eigenvalue weighted by molar-refractivity contribution is 0.0716. The van der Waals surface area contributed by atoms with Gasteiger partial charge in [-0.25, -0.2) is 0 Å². The van der Waals surface area contributed by atoms with E-state index in [1.165, 1.54) is 5.69 Å². The maximum absolute atomic E-state index is 13.0. The van der Waals surface area contributed by atoms with E-state index >= 15 is 0 Å². The van der Waals surface area contributed by atoms with Crippen LogP contribution in [0.15, 0.2) is 52.9 Å². The number of aryl methyl sites for hydroxylation is 2. The molecule has 0 aliphatic carbocycles. The maximum Gasteiger partial charge on any atom is 0.290 e. The van der Waals surface area contributed by atoms with Gasteiger partial charge in [-0.15, -0.1) is 0 Å². The summed E-state index contributed by atoms with van der Waals surface area (Å²) >= 11 is 0. The highest BCUT2D eigenvalue weighted by Gasteiger charge is 2.27. The smallest absolute Gasteiger partial charge is 0.290 e. The van der Waals surface area contributed by atoms with Crippen LogP contribution in [0.2, 0.25) is 0 Å². The predicted molar refractivity (Wildman–Crippen MR) is 100 cm³/mol. The van der Waals surface area contributed by atoms with E-state index in [4.69, 9.17) is 4.42 Å². The molecule has 0 atom stereocenters. The van der Waals surface area contributed by atoms with Crippen molar-refractivity contribution in [1.29, 1.82) is 0 Å². The molecule has 0 radical (unpaired) electrons. The van der Waals surface area contributed by atoms with Gasteiger partial charge in [0.2, 0.25) is 0 Å². The van der Waals surface area contributed by atoms with Crippen molar-refractivity contribution in [3.63, 3.8) is 0 Å². The molecule has 1 aliphatic rings. The molecule has 0 bridgehead atoms. The average molecular weight is 334 g/mol. The van der Waals surface area contributed by atoms with Gasteiger partial charge < -0.3 is 14.2 Å². The first-order valence-electron chi connectivity index (χ1n) is 8.73. The largest absolute Gasteiger partial charge is 0.450 e. The van der Waals surface area contributed by atoms with Gasteiger partial charge in [0, 0.05) is 42.8 Å². The summed E-state index contributed by atoms with van der Waals surface area (Å²) in [5, 5.41) is 1.03. The number of furan rings is 1. The molecular weight excluding hydrogens is 312 g/mol. The van der Waals surface area contributed by atoms with E-state index in [0.29, 0.717) is 18.8 Å². The summed E-state index contributed by atoms with van der Waals surface area (Å²) in [6.45, 7) is 7.09. The lowest BCUT2D eigenvalue weighted by atomic mass is 10.1. The van der Waals surface area contributed by atoms with E-state index in [2.05, 4.69) is 17.0 Å². The number of carbonyl (C=O) groups is 1. The predicted octanol–water partition coefficient (Wildman–Crippen LogP) is 4.01. The van der Waals surface area contributed by atoms with Gasteiger partial charge in [0.25, 0.3) is 5.91 Å². The Labute approximate surface area is 147 Å². The summed E-state index contributed by atoms with van der Waals surface area (Å²) in [5.41, 5.74) is 4.04. The first kappa shape index (κ1) is 15.8. The minimum absolute atomic E-state index is 0.000752. The van der Waals surface area contributed by atoms with Crippen LogP contribution in [0.1, 0.15) is 21.7 Å². The number of piperazine rings is 1. The molecule has 2 heterocycles. The molecule has 25 heavy (non-hydrogen) atoms. The van der Waals surface area contributed by atoms with Gasteiger partial charge in [-0.05, 0) is 31.5 Å². The van der Waals surface area contributed by atoms with Crippen LogP contribution in [-0.2, 0) is 0 Å². The third kappa shape index (κ3) is 2.78. The van der Waals surface area contributed by atoms with Crippen LogP contribution in [0, 0.1) is 13.8 Å². The second-order valence-electron chi connectivity index (χ2n) is 6.62. The summed E-state index contributed by atoms with van der Waals surface area (Å²) in [5.74, 6) is 0.485. The fourth-order valence-electron chi connectivity index (χ4n) is 3.54. The Balaban J connectivity index is 1.53. The Morgan fingerprint density at radius 2 is 1.64 bits per heavy atom. The molecule has 128 valence electrons. The summed E-state index contributed by atoms with van der Waals surface area (Å²) in [6.07, 6.45) is 0. The first-order chi connectivity index (χ1) is 12.1. The van der Waals surface area contributed by atoms with Gasteiger partial charge in [-0.3, -0.25) is 4.79 Å². The van der Waals surface area contributed by atoms with Crippen molar-refractivity contribution >= 4 is 22.6 Å². The SMILES string of the molecule is Cc1c(C(=O)N2CCN(c3ccccc3)CC2)oc2c(C)cccc12. The maximum atomic E-state index is 13.0. The molecule has 4 nitrogen and oxygen atoms in total. The van der Waals surface area contributed by atoms with Crippen LogP contribution in [0.3, 0.4) is 0 Å². The van der Waals surface area contributed by atoms with Gasteiger partial charge in [-0.1, -0.05) is 36.4 Å². The summed E-state index contributed by atoms with van der Waals surface area (Å²) < 4.78 is 5.95. The van der Waals surface area contributed by atoms with Gasteiger partial charge in [0.15, 0.2) is 5.76 Å². The van der Waals surface area contributed by atoms with E-state index in [0.717, 1.165) is 35.2 Å². The van der Waals surface area contributed by atoms with Crippen molar-refractivity contribution < 1.29 is 9.21 Å². The number of para-hydroxylation sites is 2. The Morgan fingerprint density at radius 3 is 2.32 bits per heavy atom. The molecular formula is C21H22N2O2. The number of rotatable bonds is 2. The molecule has 1 aliphatic heterocycles. The Hall–Kier alpha value is -2.75. The zero-order chi connectivity index (χ0) is 17.4. The van der Waals surface area contributed by atoms with Crippen LogP contribution in [0.4, 0.5) is 5.69 Å². The quantitative estimate of drug-likeness (QED) is 0.710. The van der Waals surface area contributed by atoms with Crippen molar-refractivity contribution in [2.75, 3.05) is 31.1 Å². The van der Waals surface area contributed by atoms with Gasteiger partial charge in [0.1, 0.15) is 5.58 Å². The lowest BCUT2D eigenvalue weighted by Crippen LogP contribution is -2.48. The molecule has 3 aromatic rings. The fraction of sp³-hybridized carbons (Fsp3) is 0.286. The molecule has 4 heteroatoms. The number of hydrogen-bond donors (Lipinski definition) is 0. The molecule has 0 unspecified atom stereocenters. The number of nitrogens with zero attached hydrogens (tertiary/aromatic N) is 2. The standard InChI is InChI=1S/C21H22N2O2/c1-15-7-6-10-18-16(2)20(25-19(15)18)21(24)23-13-11-22(12-14-23)17-8-4-3-5-9-17/h3-10H,11-14H2,1-2H3. The van der Waals surface area contributed by atoms with Crippen molar-refractivity contribution in [3.8, 4) is 0 Å². The normalized spacial score (nSPS) is 15.0. The molecule has 0 saturated carbocycles.